The van der Waals surface area contributed by atoms with Crippen molar-refractivity contribution in [3.05, 3.63) is 53.5 Å². The number of hydrogen-bond acceptors (Lipinski definition) is 5. The topological polar surface area (TPSA) is 105 Å². The van der Waals surface area contributed by atoms with Gasteiger partial charge in [-0.2, -0.15) is 0 Å². The van der Waals surface area contributed by atoms with Crippen LogP contribution in [0.15, 0.2) is 45.9 Å². The van der Waals surface area contributed by atoms with E-state index in [0.29, 0.717) is 12.1 Å². The summed E-state index contributed by atoms with van der Waals surface area (Å²) >= 11 is 0. The van der Waals surface area contributed by atoms with Gasteiger partial charge in [0.2, 0.25) is 0 Å². The third kappa shape index (κ3) is 4.32. The molecule has 1 aromatic carbocycles. The second-order valence-corrected chi connectivity index (χ2v) is 7.99. The van der Waals surface area contributed by atoms with Crippen LogP contribution in [0.3, 0.4) is 0 Å². The molecule has 0 spiro atoms. The SMILES string of the molecule is CCNC(=O)C(=O)NC[C@H](c1ccco1)S(=O)(=O)c1cc(C)ccc1C. The summed E-state index contributed by atoms with van der Waals surface area (Å²) in [6.07, 6.45) is 1.37. The summed E-state index contributed by atoms with van der Waals surface area (Å²) in [6, 6.07) is 8.26. The number of benzene rings is 1. The van der Waals surface area contributed by atoms with Crippen LogP contribution >= 0.6 is 0 Å². The van der Waals surface area contributed by atoms with E-state index in [9.17, 15) is 18.0 Å². The standard InChI is InChI=1S/C18H22N2O5S/c1-4-19-17(21)18(22)20-11-16(14-6-5-9-25-14)26(23,24)15-10-12(2)7-8-13(15)3/h5-10,16H,4,11H2,1-3H3,(H,19,21)(H,20,22)/t16-/m1/s1. The number of rotatable bonds is 6. The van der Waals surface area contributed by atoms with Gasteiger partial charge in [-0.25, -0.2) is 8.42 Å². The zero-order valence-corrected chi connectivity index (χ0v) is 15.7. The van der Waals surface area contributed by atoms with Crippen molar-refractivity contribution >= 4 is 21.7 Å². The third-order valence-corrected chi connectivity index (χ3v) is 6.08. The lowest BCUT2D eigenvalue weighted by atomic mass is 10.2. The van der Waals surface area contributed by atoms with E-state index in [1.807, 2.05) is 6.07 Å². The van der Waals surface area contributed by atoms with Gasteiger partial charge in [0.1, 0.15) is 11.0 Å². The normalized spacial score (nSPS) is 12.4. The monoisotopic (exact) mass is 378 g/mol. The van der Waals surface area contributed by atoms with E-state index < -0.39 is 26.9 Å². The smallest absolute Gasteiger partial charge is 0.309 e. The van der Waals surface area contributed by atoms with Gasteiger partial charge in [0.25, 0.3) is 0 Å². The van der Waals surface area contributed by atoms with Gasteiger partial charge in [0, 0.05) is 13.1 Å². The number of furan rings is 1. The van der Waals surface area contributed by atoms with Crippen LogP contribution in [0.4, 0.5) is 0 Å². The fourth-order valence-corrected chi connectivity index (χ4v) is 4.43. The molecule has 0 aliphatic rings. The maximum Gasteiger partial charge on any atom is 0.309 e. The summed E-state index contributed by atoms with van der Waals surface area (Å²) in [5.74, 6) is -1.50. The van der Waals surface area contributed by atoms with E-state index in [2.05, 4.69) is 10.6 Å². The molecule has 2 rings (SSSR count). The number of hydrogen-bond donors (Lipinski definition) is 2. The predicted octanol–water partition coefficient (Wildman–Crippen LogP) is 1.66. The van der Waals surface area contributed by atoms with Crippen molar-refractivity contribution < 1.29 is 22.4 Å². The number of amides is 2. The number of aryl methyl sites for hydroxylation is 2. The molecule has 140 valence electrons. The molecule has 8 heteroatoms. The van der Waals surface area contributed by atoms with Crippen LogP contribution in [0.25, 0.3) is 0 Å². The molecule has 1 atom stereocenters. The highest BCUT2D eigenvalue weighted by atomic mass is 32.2. The summed E-state index contributed by atoms with van der Waals surface area (Å²) in [4.78, 5) is 23.6. The van der Waals surface area contributed by atoms with Crippen LogP contribution in [-0.4, -0.2) is 33.3 Å². The van der Waals surface area contributed by atoms with Gasteiger partial charge < -0.3 is 15.1 Å². The average molecular weight is 378 g/mol. The Balaban J connectivity index is 2.35. The fourth-order valence-electron chi connectivity index (χ4n) is 2.51. The molecule has 0 fully saturated rings. The van der Waals surface area contributed by atoms with Crippen LogP contribution in [0.2, 0.25) is 0 Å². The van der Waals surface area contributed by atoms with Gasteiger partial charge >= 0.3 is 11.8 Å². The quantitative estimate of drug-likeness (QED) is 0.744. The number of nitrogens with one attached hydrogen (secondary N) is 2. The Hall–Kier alpha value is -2.61. The Morgan fingerprint density at radius 2 is 1.81 bits per heavy atom. The van der Waals surface area contributed by atoms with E-state index in [4.69, 9.17) is 4.42 Å². The molecule has 1 heterocycles. The minimum atomic E-state index is -3.85. The molecule has 0 aliphatic carbocycles. The Morgan fingerprint density at radius 1 is 1.12 bits per heavy atom. The average Bonchev–Trinajstić information content (AvgIpc) is 3.11. The summed E-state index contributed by atoms with van der Waals surface area (Å²) in [6.45, 7) is 5.21. The van der Waals surface area contributed by atoms with E-state index in [0.717, 1.165) is 5.56 Å². The molecule has 7 nitrogen and oxygen atoms in total. The van der Waals surface area contributed by atoms with Crippen LogP contribution in [0.5, 0.6) is 0 Å². The first-order valence-corrected chi connectivity index (χ1v) is 9.72. The van der Waals surface area contributed by atoms with Crippen molar-refractivity contribution in [3.63, 3.8) is 0 Å². The molecule has 0 unspecified atom stereocenters. The summed E-state index contributed by atoms with van der Waals surface area (Å²) < 4.78 is 31.7. The molecule has 0 radical (unpaired) electrons. The summed E-state index contributed by atoms with van der Waals surface area (Å²) in [5, 5.41) is 3.60. The Labute approximate surface area is 152 Å². The first-order chi connectivity index (χ1) is 12.3. The lowest BCUT2D eigenvalue weighted by Crippen LogP contribution is -2.42. The largest absolute Gasteiger partial charge is 0.468 e. The first-order valence-electron chi connectivity index (χ1n) is 8.18. The highest BCUT2D eigenvalue weighted by molar-refractivity contribution is 7.91. The van der Waals surface area contributed by atoms with Gasteiger partial charge in [-0.3, -0.25) is 9.59 Å². The second kappa shape index (κ2) is 8.18. The Kier molecular flexibility index (Phi) is 6.20. The predicted molar refractivity (Wildman–Crippen MR) is 96.2 cm³/mol. The highest BCUT2D eigenvalue weighted by Gasteiger charge is 2.33. The fraction of sp³-hybridized carbons (Fsp3) is 0.333. The number of carbonyl (C=O) groups excluding carboxylic acids is 2. The summed E-state index contributed by atoms with van der Waals surface area (Å²) in [5.41, 5.74) is 1.40. The first kappa shape index (κ1) is 19.7. The number of sulfone groups is 1. The minimum Gasteiger partial charge on any atom is -0.468 e. The maximum absolute atomic E-state index is 13.2. The van der Waals surface area contributed by atoms with Crippen molar-refractivity contribution in [1.29, 1.82) is 0 Å². The maximum atomic E-state index is 13.2. The third-order valence-electron chi connectivity index (χ3n) is 3.88. The minimum absolute atomic E-state index is 0.172. The van der Waals surface area contributed by atoms with E-state index in [1.165, 1.54) is 12.3 Å². The van der Waals surface area contributed by atoms with Gasteiger partial charge in [-0.1, -0.05) is 12.1 Å². The molecule has 0 saturated carbocycles. The lowest BCUT2D eigenvalue weighted by Gasteiger charge is -2.18. The molecule has 26 heavy (non-hydrogen) atoms. The van der Waals surface area contributed by atoms with E-state index in [1.54, 1.807) is 39.0 Å². The molecule has 2 N–H and O–H groups in total. The van der Waals surface area contributed by atoms with Crippen LogP contribution < -0.4 is 10.6 Å². The molecule has 0 aliphatic heterocycles. The van der Waals surface area contributed by atoms with Gasteiger partial charge in [0.05, 0.1) is 11.2 Å². The molecular weight excluding hydrogens is 356 g/mol. The Morgan fingerprint density at radius 3 is 2.42 bits per heavy atom. The van der Waals surface area contributed by atoms with Crippen molar-refractivity contribution in [2.24, 2.45) is 0 Å². The molecule has 2 amide bonds. The zero-order valence-electron chi connectivity index (χ0n) is 14.9. The molecular formula is C18H22N2O5S. The van der Waals surface area contributed by atoms with Crippen molar-refractivity contribution in [1.82, 2.24) is 10.6 Å². The number of likely N-dealkylation sites (N-methyl/N-ethyl adjacent to an activating group) is 1. The number of carbonyl (C=O) groups is 2. The van der Waals surface area contributed by atoms with Crippen LogP contribution in [0, 0.1) is 13.8 Å². The van der Waals surface area contributed by atoms with Gasteiger partial charge in [-0.05, 0) is 50.1 Å². The molecule has 1 aromatic heterocycles. The van der Waals surface area contributed by atoms with Gasteiger partial charge in [-0.15, -0.1) is 0 Å². The van der Waals surface area contributed by atoms with Crippen LogP contribution in [-0.2, 0) is 19.4 Å². The Bertz CT molecular complexity index is 888. The lowest BCUT2D eigenvalue weighted by molar-refractivity contribution is -0.139. The zero-order chi connectivity index (χ0) is 19.3. The molecule has 0 saturated heterocycles. The van der Waals surface area contributed by atoms with Crippen molar-refractivity contribution in [2.75, 3.05) is 13.1 Å². The highest BCUT2D eigenvalue weighted by Crippen LogP contribution is 2.31. The van der Waals surface area contributed by atoms with E-state index >= 15 is 0 Å². The summed E-state index contributed by atoms with van der Waals surface area (Å²) in [7, 11) is -3.85. The second-order valence-electron chi connectivity index (χ2n) is 5.89. The van der Waals surface area contributed by atoms with Crippen molar-refractivity contribution in [2.45, 2.75) is 30.9 Å². The van der Waals surface area contributed by atoms with Crippen LogP contribution in [0.1, 0.15) is 29.1 Å². The molecule has 0 bridgehead atoms. The molecule has 2 aromatic rings. The van der Waals surface area contributed by atoms with Gasteiger partial charge in [0.15, 0.2) is 9.84 Å². The van der Waals surface area contributed by atoms with Crippen molar-refractivity contribution in [3.8, 4) is 0 Å². The van der Waals surface area contributed by atoms with E-state index in [-0.39, 0.29) is 17.2 Å².